The molecule has 1 aromatic rings. The second kappa shape index (κ2) is 5.85. The standard InChI is InChI=1S/C11H14N2O3/c1-3-12-10(14)7-16-11(15)9-5-4-8(2)13-6-9/h4-6H,3,7H2,1-2H3,(H,12,14). The molecule has 0 aliphatic heterocycles. The van der Waals surface area contributed by atoms with Crippen molar-refractivity contribution in [2.75, 3.05) is 13.2 Å². The second-order valence-electron chi connectivity index (χ2n) is 3.22. The minimum Gasteiger partial charge on any atom is -0.452 e. The molecule has 0 unspecified atom stereocenters. The van der Waals surface area contributed by atoms with E-state index in [1.54, 1.807) is 19.1 Å². The highest BCUT2D eigenvalue weighted by Crippen LogP contribution is 2.01. The molecule has 0 aromatic carbocycles. The zero-order valence-electron chi connectivity index (χ0n) is 9.32. The van der Waals surface area contributed by atoms with Gasteiger partial charge in [0.25, 0.3) is 5.91 Å². The van der Waals surface area contributed by atoms with Gasteiger partial charge in [0.2, 0.25) is 0 Å². The van der Waals surface area contributed by atoms with Gasteiger partial charge < -0.3 is 10.1 Å². The third-order valence-electron chi connectivity index (χ3n) is 1.86. The van der Waals surface area contributed by atoms with Crippen LogP contribution in [-0.2, 0) is 9.53 Å². The maximum atomic E-state index is 11.4. The second-order valence-corrected chi connectivity index (χ2v) is 3.22. The van der Waals surface area contributed by atoms with E-state index in [4.69, 9.17) is 4.74 Å². The third-order valence-corrected chi connectivity index (χ3v) is 1.86. The smallest absolute Gasteiger partial charge is 0.340 e. The van der Waals surface area contributed by atoms with E-state index in [0.29, 0.717) is 12.1 Å². The number of rotatable bonds is 4. The lowest BCUT2D eigenvalue weighted by Gasteiger charge is -2.04. The molecule has 1 N–H and O–H groups in total. The summed E-state index contributed by atoms with van der Waals surface area (Å²) < 4.78 is 4.79. The lowest BCUT2D eigenvalue weighted by Crippen LogP contribution is -2.28. The first-order valence-electron chi connectivity index (χ1n) is 5.00. The first-order valence-corrected chi connectivity index (χ1v) is 5.00. The zero-order valence-corrected chi connectivity index (χ0v) is 9.32. The van der Waals surface area contributed by atoms with Crippen molar-refractivity contribution >= 4 is 11.9 Å². The van der Waals surface area contributed by atoms with Crippen molar-refractivity contribution in [1.29, 1.82) is 0 Å². The van der Waals surface area contributed by atoms with E-state index in [1.807, 2.05) is 6.92 Å². The van der Waals surface area contributed by atoms with Crippen molar-refractivity contribution < 1.29 is 14.3 Å². The van der Waals surface area contributed by atoms with Crippen LogP contribution in [0.1, 0.15) is 23.0 Å². The highest BCUT2D eigenvalue weighted by molar-refractivity contribution is 5.90. The Morgan fingerprint density at radius 1 is 1.44 bits per heavy atom. The van der Waals surface area contributed by atoms with Crippen molar-refractivity contribution in [3.63, 3.8) is 0 Å². The summed E-state index contributed by atoms with van der Waals surface area (Å²) in [5, 5.41) is 2.53. The lowest BCUT2D eigenvalue weighted by molar-refractivity contribution is -0.124. The van der Waals surface area contributed by atoms with Gasteiger partial charge >= 0.3 is 5.97 Å². The van der Waals surface area contributed by atoms with E-state index in [2.05, 4.69) is 10.3 Å². The van der Waals surface area contributed by atoms with Gasteiger partial charge in [-0.15, -0.1) is 0 Å². The number of hydrogen-bond acceptors (Lipinski definition) is 4. The molecule has 1 heterocycles. The fraction of sp³-hybridized carbons (Fsp3) is 0.364. The van der Waals surface area contributed by atoms with Gasteiger partial charge in [-0.1, -0.05) is 0 Å². The van der Waals surface area contributed by atoms with Crippen molar-refractivity contribution in [2.45, 2.75) is 13.8 Å². The summed E-state index contributed by atoms with van der Waals surface area (Å²) in [6.07, 6.45) is 1.43. The molecule has 0 spiro atoms. The lowest BCUT2D eigenvalue weighted by atomic mass is 10.2. The number of pyridine rings is 1. The molecule has 5 nitrogen and oxygen atoms in total. The fourth-order valence-corrected chi connectivity index (χ4v) is 1.05. The van der Waals surface area contributed by atoms with E-state index in [0.717, 1.165) is 5.69 Å². The molecule has 5 heteroatoms. The molecule has 86 valence electrons. The molecule has 1 amide bonds. The van der Waals surface area contributed by atoms with Gasteiger partial charge in [-0.2, -0.15) is 0 Å². The number of carbonyl (C=O) groups excluding carboxylic acids is 2. The minimum atomic E-state index is -0.543. The number of amides is 1. The van der Waals surface area contributed by atoms with Crippen LogP contribution in [0, 0.1) is 6.92 Å². The van der Waals surface area contributed by atoms with E-state index < -0.39 is 5.97 Å². The molecular formula is C11H14N2O3. The van der Waals surface area contributed by atoms with Gasteiger partial charge in [0.15, 0.2) is 6.61 Å². The number of nitrogens with one attached hydrogen (secondary N) is 1. The molecule has 0 saturated carbocycles. The first kappa shape index (κ1) is 12.2. The van der Waals surface area contributed by atoms with Gasteiger partial charge in [0.05, 0.1) is 5.56 Å². The Balaban J connectivity index is 2.47. The molecule has 1 aromatic heterocycles. The maximum absolute atomic E-state index is 11.4. The van der Waals surface area contributed by atoms with Crippen molar-refractivity contribution in [1.82, 2.24) is 10.3 Å². The topological polar surface area (TPSA) is 68.3 Å². The van der Waals surface area contributed by atoms with Crippen LogP contribution in [0.25, 0.3) is 0 Å². The van der Waals surface area contributed by atoms with Crippen molar-refractivity contribution in [3.8, 4) is 0 Å². The predicted molar refractivity (Wildman–Crippen MR) is 57.9 cm³/mol. The molecule has 0 fully saturated rings. The molecule has 0 radical (unpaired) electrons. The van der Waals surface area contributed by atoms with Crippen LogP contribution in [0.3, 0.4) is 0 Å². The Morgan fingerprint density at radius 3 is 2.75 bits per heavy atom. The van der Waals surface area contributed by atoms with E-state index >= 15 is 0 Å². The van der Waals surface area contributed by atoms with Gasteiger partial charge in [0.1, 0.15) is 0 Å². The van der Waals surface area contributed by atoms with Gasteiger partial charge in [-0.25, -0.2) is 4.79 Å². The normalized spacial score (nSPS) is 9.62. The average molecular weight is 222 g/mol. The van der Waals surface area contributed by atoms with Crippen LogP contribution < -0.4 is 5.32 Å². The van der Waals surface area contributed by atoms with Crippen molar-refractivity contribution in [2.24, 2.45) is 0 Å². The molecule has 0 aliphatic carbocycles. The highest BCUT2D eigenvalue weighted by atomic mass is 16.5. The maximum Gasteiger partial charge on any atom is 0.340 e. The monoisotopic (exact) mass is 222 g/mol. The van der Waals surface area contributed by atoms with E-state index in [9.17, 15) is 9.59 Å². The molecular weight excluding hydrogens is 208 g/mol. The number of esters is 1. The molecule has 16 heavy (non-hydrogen) atoms. The summed E-state index contributed by atoms with van der Waals surface area (Å²) in [5.74, 6) is -0.852. The number of ether oxygens (including phenoxy) is 1. The summed E-state index contributed by atoms with van der Waals surface area (Å²) >= 11 is 0. The van der Waals surface area contributed by atoms with Crippen LogP contribution in [0.2, 0.25) is 0 Å². The van der Waals surface area contributed by atoms with Crippen molar-refractivity contribution in [3.05, 3.63) is 29.6 Å². The summed E-state index contributed by atoms with van der Waals surface area (Å²) in [7, 11) is 0. The first-order chi connectivity index (χ1) is 7.63. The van der Waals surface area contributed by atoms with Gasteiger partial charge in [0, 0.05) is 18.4 Å². The SMILES string of the molecule is CCNC(=O)COC(=O)c1ccc(C)nc1. The number of hydrogen-bond donors (Lipinski definition) is 1. The van der Waals surface area contributed by atoms with E-state index in [1.165, 1.54) is 6.20 Å². The van der Waals surface area contributed by atoms with Crippen LogP contribution in [0.15, 0.2) is 18.3 Å². The fourth-order valence-electron chi connectivity index (χ4n) is 1.05. The Morgan fingerprint density at radius 2 is 2.19 bits per heavy atom. The van der Waals surface area contributed by atoms with Gasteiger partial charge in [-0.05, 0) is 26.0 Å². The third kappa shape index (κ3) is 3.68. The summed E-state index contributed by atoms with van der Waals surface area (Å²) in [5.41, 5.74) is 1.16. The molecule has 1 rings (SSSR count). The molecule has 0 bridgehead atoms. The zero-order chi connectivity index (χ0) is 12.0. The molecule has 0 atom stereocenters. The summed E-state index contributed by atoms with van der Waals surface area (Å²) in [4.78, 5) is 26.4. The predicted octanol–water partition coefficient (Wildman–Crippen LogP) is 0.683. The largest absolute Gasteiger partial charge is 0.452 e. The molecule has 0 aliphatic rings. The van der Waals surface area contributed by atoms with Crippen LogP contribution in [0.5, 0.6) is 0 Å². The number of nitrogens with zero attached hydrogens (tertiary/aromatic N) is 1. The van der Waals surface area contributed by atoms with Crippen LogP contribution in [0.4, 0.5) is 0 Å². The Bertz CT molecular complexity index is 373. The van der Waals surface area contributed by atoms with E-state index in [-0.39, 0.29) is 12.5 Å². The molecule has 0 saturated heterocycles. The van der Waals surface area contributed by atoms with Crippen LogP contribution >= 0.6 is 0 Å². The Labute approximate surface area is 93.8 Å². The highest BCUT2D eigenvalue weighted by Gasteiger charge is 2.09. The number of carbonyl (C=O) groups is 2. The summed E-state index contributed by atoms with van der Waals surface area (Å²) in [6.45, 7) is 3.87. The minimum absolute atomic E-state index is 0.263. The Hall–Kier alpha value is -1.91. The van der Waals surface area contributed by atoms with Gasteiger partial charge in [-0.3, -0.25) is 9.78 Å². The average Bonchev–Trinajstić information content (AvgIpc) is 2.27. The Kier molecular flexibility index (Phi) is 4.44. The number of aryl methyl sites for hydroxylation is 1. The summed E-state index contributed by atoms with van der Waals surface area (Å²) in [6, 6.07) is 3.32. The van der Waals surface area contributed by atoms with Crippen LogP contribution in [-0.4, -0.2) is 30.0 Å². The number of aromatic nitrogens is 1. The quantitative estimate of drug-likeness (QED) is 0.761. The number of likely N-dealkylation sites (N-methyl/N-ethyl adjacent to an activating group) is 1.